The summed E-state index contributed by atoms with van der Waals surface area (Å²) in [4.78, 5) is 0. The third kappa shape index (κ3) is 3.77. The topological polar surface area (TPSA) is 12.0 Å². The van der Waals surface area contributed by atoms with Gasteiger partial charge >= 0.3 is 0 Å². The number of rotatable bonds is 4. The van der Waals surface area contributed by atoms with Crippen molar-refractivity contribution >= 4 is 10.8 Å². The molecule has 0 spiro atoms. The lowest BCUT2D eigenvalue weighted by Gasteiger charge is -2.30. The highest BCUT2D eigenvalue weighted by molar-refractivity contribution is 5.85. The monoisotopic (exact) mass is 329 g/mol. The zero-order valence-corrected chi connectivity index (χ0v) is 15.0. The van der Waals surface area contributed by atoms with E-state index in [4.69, 9.17) is 0 Å². The number of aryl methyl sites for hydroxylation is 1. The van der Waals surface area contributed by atoms with E-state index in [2.05, 4.69) is 79.0 Å². The third-order valence-corrected chi connectivity index (χ3v) is 5.65. The minimum absolute atomic E-state index is 0.623. The first-order valence-corrected chi connectivity index (χ1v) is 9.56. The van der Waals surface area contributed by atoms with E-state index in [0.717, 1.165) is 6.54 Å². The molecule has 128 valence electrons. The van der Waals surface area contributed by atoms with E-state index < -0.39 is 0 Å². The molecule has 1 saturated carbocycles. The van der Waals surface area contributed by atoms with E-state index in [1.165, 1.54) is 53.1 Å². The van der Waals surface area contributed by atoms with Gasteiger partial charge in [-0.1, -0.05) is 78.7 Å². The Morgan fingerprint density at radius 2 is 1.76 bits per heavy atom. The average molecular weight is 329 g/mol. The molecule has 2 unspecified atom stereocenters. The van der Waals surface area contributed by atoms with E-state index >= 15 is 0 Å². The minimum atomic E-state index is 0.623. The molecule has 1 N–H and O–H groups in total. The maximum atomic E-state index is 3.84. The lowest BCUT2D eigenvalue weighted by molar-refractivity contribution is 0.338. The van der Waals surface area contributed by atoms with Crippen LogP contribution in [-0.2, 0) is 6.54 Å². The van der Waals surface area contributed by atoms with Crippen LogP contribution < -0.4 is 5.32 Å². The first kappa shape index (κ1) is 16.4. The first-order valence-electron chi connectivity index (χ1n) is 9.56. The first-order chi connectivity index (χ1) is 12.3. The Morgan fingerprint density at radius 1 is 0.920 bits per heavy atom. The number of benzene rings is 3. The average Bonchev–Trinajstić information content (AvgIpc) is 2.66. The van der Waals surface area contributed by atoms with Crippen molar-refractivity contribution in [2.45, 2.75) is 51.1 Å². The second kappa shape index (κ2) is 7.41. The van der Waals surface area contributed by atoms with Crippen LogP contribution in [0.5, 0.6) is 0 Å². The highest BCUT2D eigenvalue weighted by atomic mass is 14.9. The van der Waals surface area contributed by atoms with Gasteiger partial charge in [0, 0.05) is 12.6 Å². The summed E-state index contributed by atoms with van der Waals surface area (Å²) in [5, 5.41) is 6.56. The Bertz CT molecular complexity index is 846. The van der Waals surface area contributed by atoms with Crippen molar-refractivity contribution < 1.29 is 0 Å². The van der Waals surface area contributed by atoms with Gasteiger partial charge in [0.2, 0.25) is 0 Å². The van der Waals surface area contributed by atoms with Gasteiger partial charge in [-0.25, -0.2) is 0 Å². The van der Waals surface area contributed by atoms with Gasteiger partial charge in [0.25, 0.3) is 0 Å². The summed E-state index contributed by atoms with van der Waals surface area (Å²) in [5.41, 5.74) is 4.32. The minimum Gasteiger partial charge on any atom is -0.310 e. The quantitative estimate of drug-likeness (QED) is 0.622. The zero-order chi connectivity index (χ0) is 17.1. The summed E-state index contributed by atoms with van der Waals surface area (Å²) < 4.78 is 0. The van der Waals surface area contributed by atoms with Gasteiger partial charge in [-0.2, -0.15) is 0 Å². The summed E-state index contributed by atoms with van der Waals surface area (Å²) in [6, 6.07) is 25.0. The second-order valence-electron chi connectivity index (χ2n) is 7.49. The van der Waals surface area contributed by atoms with Crippen LogP contribution in [0.25, 0.3) is 10.8 Å². The maximum Gasteiger partial charge on any atom is 0.0214 e. The number of hydrogen-bond acceptors (Lipinski definition) is 1. The molecular weight excluding hydrogens is 302 g/mol. The SMILES string of the molecule is Cc1cccc(C2CCCC(NCc3cccc4ccccc34)C2)c1. The summed E-state index contributed by atoms with van der Waals surface area (Å²) in [6.45, 7) is 3.16. The van der Waals surface area contributed by atoms with Gasteiger partial charge in [0.1, 0.15) is 0 Å². The van der Waals surface area contributed by atoms with Crippen LogP contribution in [0.3, 0.4) is 0 Å². The molecule has 1 aliphatic rings. The number of fused-ring (bicyclic) bond motifs is 1. The van der Waals surface area contributed by atoms with Crippen molar-refractivity contribution in [2.24, 2.45) is 0 Å². The van der Waals surface area contributed by atoms with Gasteiger partial charge in [-0.3, -0.25) is 0 Å². The smallest absolute Gasteiger partial charge is 0.0214 e. The molecule has 1 nitrogen and oxygen atoms in total. The van der Waals surface area contributed by atoms with Crippen molar-refractivity contribution in [3.8, 4) is 0 Å². The molecule has 0 saturated heterocycles. The molecule has 0 heterocycles. The normalized spacial score (nSPS) is 20.7. The Balaban J connectivity index is 1.44. The fourth-order valence-electron chi connectivity index (χ4n) is 4.30. The molecule has 3 aromatic carbocycles. The molecular formula is C24H27N. The van der Waals surface area contributed by atoms with Gasteiger partial charge in [0.05, 0.1) is 0 Å². The summed E-state index contributed by atoms with van der Waals surface area (Å²) in [7, 11) is 0. The molecule has 3 aromatic rings. The van der Waals surface area contributed by atoms with Crippen molar-refractivity contribution in [3.05, 3.63) is 83.4 Å². The van der Waals surface area contributed by atoms with Gasteiger partial charge in [-0.05, 0) is 54.0 Å². The molecule has 4 rings (SSSR count). The van der Waals surface area contributed by atoms with E-state index in [1.807, 2.05) is 0 Å². The van der Waals surface area contributed by atoms with Crippen LogP contribution in [0.2, 0.25) is 0 Å². The highest BCUT2D eigenvalue weighted by Gasteiger charge is 2.23. The second-order valence-corrected chi connectivity index (χ2v) is 7.49. The fraction of sp³-hybridized carbons (Fsp3) is 0.333. The van der Waals surface area contributed by atoms with Crippen molar-refractivity contribution in [1.29, 1.82) is 0 Å². The standard InChI is InChI=1S/C24H27N/c1-18-7-4-10-20(15-18)21-11-6-13-23(16-21)25-17-22-12-5-9-19-8-2-3-14-24(19)22/h2-5,7-10,12,14-15,21,23,25H,6,11,13,16-17H2,1H3. The number of hydrogen-bond donors (Lipinski definition) is 1. The van der Waals surface area contributed by atoms with Gasteiger partial charge in [0.15, 0.2) is 0 Å². The molecule has 0 aliphatic heterocycles. The van der Waals surface area contributed by atoms with E-state index in [1.54, 1.807) is 0 Å². The van der Waals surface area contributed by atoms with E-state index in [-0.39, 0.29) is 0 Å². The Labute approximate surface area is 151 Å². The van der Waals surface area contributed by atoms with Crippen molar-refractivity contribution in [3.63, 3.8) is 0 Å². The lowest BCUT2D eigenvalue weighted by atomic mass is 9.81. The maximum absolute atomic E-state index is 3.84. The van der Waals surface area contributed by atoms with E-state index in [0.29, 0.717) is 12.0 Å². The molecule has 1 aliphatic carbocycles. The third-order valence-electron chi connectivity index (χ3n) is 5.65. The summed E-state index contributed by atoms with van der Waals surface area (Å²) in [5.74, 6) is 0.707. The summed E-state index contributed by atoms with van der Waals surface area (Å²) in [6.07, 6.45) is 5.21. The van der Waals surface area contributed by atoms with Crippen molar-refractivity contribution in [2.75, 3.05) is 0 Å². The molecule has 0 radical (unpaired) electrons. The zero-order valence-electron chi connectivity index (χ0n) is 15.0. The van der Waals surface area contributed by atoms with Crippen LogP contribution in [0.1, 0.15) is 48.3 Å². The van der Waals surface area contributed by atoms with Gasteiger partial charge < -0.3 is 5.32 Å². The molecule has 2 atom stereocenters. The molecule has 0 aromatic heterocycles. The Kier molecular flexibility index (Phi) is 4.85. The van der Waals surface area contributed by atoms with Crippen LogP contribution in [0.4, 0.5) is 0 Å². The van der Waals surface area contributed by atoms with Crippen LogP contribution in [0, 0.1) is 6.92 Å². The molecule has 25 heavy (non-hydrogen) atoms. The summed E-state index contributed by atoms with van der Waals surface area (Å²) >= 11 is 0. The largest absolute Gasteiger partial charge is 0.310 e. The molecule has 0 amide bonds. The highest BCUT2D eigenvalue weighted by Crippen LogP contribution is 2.33. The van der Waals surface area contributed by atoms with E-state index in [9.17, 15) is 0 Å². The molecule has 1 fully saturated rings. The van der Waals surface area contributed by atoms with Crippen LogP contribution in [0.15, 0.2) is 66.7 Å². The Hall–Kier alpha value is -2.12. The van der Waals surface area contributed by atoms with Gasteiger partial charge in [-0.15, -0.1) is 0 Å². The van der Waals surface area contributed by atoms with Crippen LogP contribution in [-0.4, -0.2) is 6.04 Å². The fourth-order valence-corrected chi connectivity index (χ4v) is 4.30. The van der Waals surface area contributed by atoms with Crippen molar-refractivity contribution in [1.82, 2.24) is 5.32 Å². The number of nitrogens with one attached hydrogen (secondary N) is 1. The Morgan fingerprint density at radius 3 is 2.68 bits per heavy atom. The molecule has 1 heteroatoms. The predicted molar refractivity (Wildman–Crippen MR) is 107 cm³/mol. The lowest BCUT2D eigenvalue weighted by Crippen LogP contribution is -2.33. The predicted octanol–water partition coefficient (Wildman–Crippen LogP) is 5.96. The molecule has 0 bridgehead atoms. The van der Waals surface area contributed by atoms with Crippen LogP contribution >= 0.6 is 0 Å².